The first-order valence-electron chi connectivity index (χ1n) is 8.07. The summed E-state index contributed by atoms with van der Waals surface area (Å²) in [5.41, 5.74) is 4.99. The lowest BCUT2D eigenvalue weighted by Gasteiger charge is -2.27. The lowest BCUT2D eigenvalue weighted by molar-refractivity contribution is -0.127. The molecule has 1 saturated heterocycles. The standard InChI is InChI=1S/C15H28N4O2/c1-12(11-19-8-4-5-9-19)10-17-14(20)15(13(16)18-21)6-2-3-7-15/h12,21H,2-11H2,1H3,(H2,16,18)(H,17,20). The number of nitrogens with two attached hydrogens (primary N) is 1. The predicted octanol–water partition coefficient (Wildman–Crippen LogP) is 1.14. The van der Waals surface area contributed by atoms with Crippen molar-refractivity contribution in [3.05, 3.63) is 0 Å². The first-order valence-corrected chi connectivity index (χ1v) is 8.07. The Labute approximate surface area is 126 Å². The van der Waals surface area contributed by atoms with Crippen LogP contribution >= 0.6 is 0 Å². The molecular weight excluding hydrogens is 268 g/mol. The molecule has 2 rings (SSSR count). The fourth-order valence-electron chi connectivity index (χ4n) is 3.58. The Bertz CT molecular complexity index is 385. The van der Waals surface area contributed by atoms with E-state index in [1.54, 1.807) is 0 Å². The topological polar surface area (TPSA) is 91.0 Å². The number of nitrogens with one attached hydrogen (secondary N) is 1. The molecule has 6 heteroatoms. The van der Waals surface area contributed by atoms with Crippen molar-refractivity contribution in [3.63, 3.8) is 0 Å². The molecule has 0 aromatic heterocycles. The third kappa shape index (κ3) is 3.67. The van der Waals surface area contributed by atoms with E-state index < -0.39 is 5.41 Å². The minimum Gasteiger partial charge on any atom is -0.409 e. The number of likely N-dealkylation sites (tertiary alicyclic amines) is 1. The Balaban J connectivity index is 1.84. The summed E-state index contributed by atoms with van der Waals surface area (Å²) in [6.07, 6.45) is 5.82. The van der Waals surface area contributed by atoms with Crippen molar-refractivity contribution in [2.24, 2.45) is 22.2 Å². The molecule has 120 valence electrons. The molecule has 0 radical (unpaired) electrons. The van der Waals surface area contributed by atoms with Gasteiger partial charge >= 0.3 is 0 Å². The van der Waals surface area contributed by atoms with Gasteiger partial charge in [-0.2, -0.15) is 0 Å². The van der Waals surface area contributed by atoms with Crippen LogP contribution in [0.25, 0.3) is 0 Å². The van der Waals surface area contributed by atoms with Gasteiger partial charge in [0.1, 0.15) is 5.41 Å². The molecule has 1 amide bonds. The molecule has 1 atom stereocenters. The number of amidine groups is 1. The molecule has 0 spiro atoms. The number of nitrogens with zero attached hydrogens (tertiary/aromatic N) is 2. The zero-order valence-electron chi connectivity index (χ0n) is 13.0. The van der Waals surface area contributed by atoms with Gasteiger partial charge in [0, 0.05) is 13.1 Å². The fraction of sp³-hybridized carbons (Fsp3) is 0.867. The van der Waals surface area contributed by atoms with Crippen molar-refractivity contribution in [1.29, 1.82) is 0 Å². The molecule has 2 fully saturated rings. The van der Waals surface area contributed by atoms with E-state index in [2.05, 4.69) is 22.3 Å². The van der Waals surface area contributed by atoms with Crippen LogP contribution in [0.4, 0.5) is 0 Å². The highest BCUT2D eigenvalue weighted by Crippen LogP contribution is 2.38. The zero-order valence-corrected chi connectivity index (χ0v) is 13.0. The first-order chi connectivity index (χ1) is 10.1. The third-order valence-electron chi connectivity index (χ3n) is 4.87. The summed E-state index contributed by atoms with van der Waals surface area (Å²) in [5.74, 6) is 0.395. The minimum atomic E-state index is -0.790. The van der Waals surface area contributed by atoms with E-state index in [0.717, 1.165) is 19.4 Å². The fourth-order valence-corrected chi connectivity index (χ4v) is 3.58. The van der Waals surface area contributed by atoms with Gasteiger partial charge in [-0.3, -0.25) is 4.79 Å². The summed E-state index contributed by atoms with van der Waals surface area (Å²) in [7, 11) is 0. The van der Waals surface area contributed by atoms with E-state index in [9.17, 15) is 4.79 Å². The molecule has 0 aromatic carbocycles. The van der Waals surface area contributed by atoms with Crippen LogP contribution in [-0.4, -0.2) is 48.0 Å². The van der Waals surface area contributed by atoms with Crippen molar-refractivity contribution in [1.82, 2.24) is 10.2 Å². The Hall–Kier alpha value is -1.30. The maximum Gasteiger partial charge on any atom is 0.233 e. The number of carbonyl (C=O) groups excluding carboxylic acids is 1. The Morgan fingerprint density at radius 2 is 1.95 bits per heavy atom. The third-order valence-corrected chi connectivity index (χ3v) is 4.87. The molecule has 0 aromatic rings. The van der Waals surface area contributed by atoms with Crippen LogP contribution in [-0.2, 0) is 4.79 Å². The average Bonchev–Trinajstić information content (AvgIpc) is 3.15. The maximum absolute atomic E-state index is 12.5. The Morgan fingerprint density at radius 3 is 2.52 bits per heavy atom. The van der Waals surface area contributed by atoms with Crippen molar-refractivity contribution < 1.29 is 10.0 Å². The van der Waals surface area contributed by atoms with Gasteiger partial charge in [-0.15, -0.1) is 0 Å². The molecule has 0 bridgehead atoms. The lowest BCUT2D eigenvalue weighted by atomic mass is 9.83. The Morgan fingerprint density at radius 1 is 1.33 bits per heavy atom. The molecule has 2 aliphatic rings. The van der Waals surface area contributed by atoms with E-state index >= 15 is 0 Å². The van der Waals surface area contributed by atoms with Gasteiger partial charge in [0.05, 0.1) is 0 Å². The predicted molar refractivity (Wildman–Crippen MR) is 82.2 cm³/mol. The molecule has 4 N–H and O–H groups in total. The van der Waals surface area contributed by atoms with Crippen molar-refractivity contribution in [2.45, 2.75) is 45.4 Å². The summed E-state index contributed by atoms with van der Waals surface area (Å²) < 4.78 is 0. The van der Waals surface area contributed by atoms with Gasteiger partial charge in [0.15, 0.2) is 5.84 Å². The number of oxime groups is 1. The summed E-state index contributed by atoms with van der Waals surface area (Å²) in [6.45, 7) is 6.18. The van der Waals surface area contributed by atoms with E-state index in [1.807, 2.05) is 0 Å². The number of hydrogen-bond acceptors (Lipinski definition) is 4. The van der Waals surface area contributed by atoms with Crippen molar-refractivity contribution in [3.8, 4) is 0 Å². The second-order valence-electron chi connectivity index (χ2n) is 6.60. The molecular formula is C15H28N4O2. The zero-order chi connectivity index (χ0) is 15.3. The van der Waals surface area contributed by atoms with Gasteiger partial charge in [0.25, 0.3) is 0 Å². The highest BCUT2D eigenvalue weighted by molar-refractivity contribution is 6.07. The molecule has 1 aliphatic carbocycles. The van der Waals surface area contributed by atoms with Gasteiger partial charge in [-0.05, 0) is 44.7 Å². The SMILES string of the molecule is CC(CNC(=O)C1(C(N)=NO)CCCC1)CN1CCCC1. The van der Waals surface area contributed by atoms with Crippen molar-refractivity contribution >= 4 is 11.7 Å². The molecule has 21 heavy (non-hydrogen) atoms. The molecule has 6 nitrogen and oxygen atoms in total. The summed E-state index contributed by atoms with van der Waals surface area (Å²) >= 11 is 0. The van der Waals surface area contributed by atoms with E-state index in [4.69, 9.17) is 10.9 Å². The van der Waals surface area contributed by atoms with Crippen LogP contribution < -0.4 is 11.1 Å². The minimum absolute atomic E-state index is 0.0599. The van der Waals surface area contributed by atoms with Crippen LogP contribution in [0, 0.1) is 11.3 Å². The quantitative estimate of drug-likeness (QED) is 0.297. The van der Waals surface area contributed by atoms with Crippen LogP contribution in [0.1, 0.15) is 45.4 Å². The van der Waals surface area contributed by atoms with E-state index in [1.165, 1.54) is 25.9 Å². The number of amides is 1. The van der Waals surface area contributed by atoms with Crippen LogP contribution in [0.15, 0.2) is 5.16 Å². The average molecular weight is 296 g/mol. The normalized spacial score (nSPS) is 24.1. The highest BCUT2D eigenvalue weighted by atomic mass is 16.4. The summed E-state index contributed by atoms with van der Waals surface area (Å²) in [6, 6.07) is 0. The molecule has 1 saturated carbocycles. The number of carbonyl (C=O) groups is 1. The second-order valence-corrected chi connectivity index (χ2v) is 6.60. The van der Waals surface area contributed by atoms with Crippen LogP contribution in [0.5, 0.6) is 0 Å². The number of hydrogen-bond donors (Lipinski definition) is 3. The Kier molecular flexibility index (Phi) is 5.45. The van der Waals surface area contributed by atoms with Crippen LogP contribution in [0.3, 0.4) is 0 Å². The molecule has 1 aliphatic heterocycles. The van der Waals surface area contributed by atoms with Gasteiger partial charge < -0.3 is 21.2 Å². The largest absolute Gasteiger partial charge is 0.409 e. The number of rotatable bonds is 6. The maximum atomic E-state index is 12.5. The van der Waals surface area contributed by atoms with E-state index in [-0.39, 0.29) is 11.7 Å². The molecule has 1 heterocycles. The van der Waals surface area contributed by atoms with Crippen molar-refractivity contribution in [2.75, 3.05) is 26.2 Å². The van der Waals surface area contributed by atoms with Gasteiger partial charge in [0.2, 0.25) is 5.91 Å². The second kappa shape index (κ2) is 7.11. The monoisotopic (exact) mass is 296 g/mol. The van der Waals surface area contributed by atoms with Gasteiger partial charge in [-0.1, -0.05) is 24.9 Å². The summed E-state index contributed by atoms with van der Waals surface area (Å²) in [4.78, 5) is 15.0. The van der Waals surface area contributed by atoms with Gasteiger partial charge in [-0.25, -0.2) is 0 Å². The smallest absolute Gasteiger partial charge is 0.233 e. The van der Waals surface area contributed by atoms with Crippen LogP contribution in [0.2, 0.25) is 0 Å². The first kappa shape index (κ1) is 16.1. The molecule has 1 unspecified atom stereocenters. The lowest BCUT2D eigenvalue weighted by Crippen LogP contribution is -2.49. The van der Waals surface area contributed by atoms with E-state index in [0.29, 0.717) is 25.3 Å². The summed E-state index contributed by atoms with van der Waals surface area (Å²) in [5, 5.41) is 15.1. The highest BCUT2D eigenvalue weighted by Gasteiger charge is 2.45.